The first-order valence-corrected chi connectivity index (χ1v) is 12.4. The van der Waals surface area contributed by atoms with Gasteiger partial charge in [0.1, 0.15) is 11.5 Å². The van der Waals surface area contributed by atoms with Gasteiger partial charge in [-0.1, -0.05) is 30.2 Å². The van der Waals surface area contributed by atoms with Crippen LogP contribution in [0.4, 0.5) is 0 Å². The maximum Gasteiger partial charge on any atom is 0.263 e. The lowest BCUT2D eigenvalue weighted by atomic mass is 9.99. The number of piperidine rings is 1. The molecule has 1 aromatic heterocycles. The fraction of sp³-hybridized carbons (Fsp3) is 0.476. The molecule has 9 heteroatoms. The number of hydrogen-bond acceptors (Lipinski definition) is 5. The maximum atomic E-state index is 12.4. The molecule has 3 rings (SSSR count). The second-order valence-electron chi connectivity index (χ2n) is 7.75. The van der Waals surface area contributed by atoms with Gasteiger partial charge >= 0.3 is 0 Å². The molecule has 0 bridgehead atoms. The average Bonchev–Trinajstić information content (AvgIpc) is 2.97. The number of benzene rings is 1. The summed E-state index contributed by atoms with van der Waals surface area (Å²) in [6.45, 7) is 5.40. The summed E-state index contributed by atoms with van der Waals surface area (Å²) < 4.78 is 27.4. The van der Waals surface area contributed by atoms with Gasteiger partial charge in [0.25, 0.3) is 5.91 Å². The van der Waals surface area contributed by atoms with Gasteiger partial charge in [-0.2, -0.15) is 4.99 Å². The monoisotopic (exact) mass is 447 g/mol. The Bertz CT molecular complexity index is 1180. The highest BCUT2D eigenvalue weighted by Gasteiger charge is 2.26. The Morgan fingerprint density at radius 2 is 1.97 bits per heavy atom. The number of hydrogen-bond donors (Lipinski definition) is 0. The minimum atomic E-state index is -3.90. The molecule has 1 aliphatic rings. The van der Waals surface area contributed by atoms with Gasteiger partial charge in [0, 0.05) is 13.1 Å². The van der Waals surface area contributed by atoms with E-state index in [1.165, 1.54) is 11.3 Å². The first-order chi connectivity index (χ1) is 14.2. The van der Waals surface area contributed by atoms with Gasteiger partial charge in [-0.15, -0.1) is 6.42 Å². The second kappa shape index (κ2) is 9.14. The molecule has 1 aliphatic heterocycles. The number of amides is 2. The van der Waals surface area contributed by atoms with Crippen molar-refractivity contribution < 1.29 is 18.0 Å². The minimum Gasteiger partial charge on any atom is -0.342 e. The first-order valence-electron chi connectivity index (χ1n) is 9.78. The van der Waals surface area contributed by atoms with Crippen molar-refractivity contribution in [1.29, 1.82) is 0 Å². The van der Waals surface area contributed by atoms with E-state index in [1.54, 1.807) is 9.47 Å². The number of likely N-dealkylation sites (tertiary alicyclic amines) is 1. The molecular formula is C21H25N3O4S2. The molecule has 1 aromatic carbocycles. The highest BCUT2D eigenvalue weighted by atomic mass is 32.2. The third-order valence-corrected chi connectivity index (χ3v) is 7.55. The highest BCUT2D eigenvalue weighted by Crippen LogP contribution is 2.19. The van der Waals surface area contributed by atoms with Crippen LogP contribution in [0.5, 0.6) is 0 Å². The lowest BCUT2D eigenvalue weighted by Crippen LogP contribution is -2.41. The molecule has 0 spiro atoms. The number of carbonyl (C=O) groups excluding carboxylic acids is 2. The second-order valence-corrected chi connectivity index (χ2v) is 10.8. The zero-order chi connectivity index (χ0) is 21.9. The van der Waals surface area contributed by atoms with Crippen molar-refractivity contribution in [2.24, 2.45) is 10.9 Å². The lowest BCUT2D eigenvalue weighted by Gasteiger charge is -2.30. The van der Waals surface area contributed by atoms with Gasteiger partial charge in [0.2, 0.25) is 5.91 Å². The third-order valence-electron chi connectivity index (χ3n) is 5.13. The summed E-state index contributed by atoms with van der Waals surface area (Å²) in [5, 5.41) is 0. The smallest absolute Gasteiger partial charge is 0.263 e. The standard InChI is InChI=1S/C21H25N3O4S2/c1-4-9-24-17-6-5-16(3)12-18(17)29-21(24)22-19(25)13-30(27,28)14-20(26)23-10-7-15(2)8-11-23/h1,5-6,12,15H,7-11,13-14H2,2-3H3. The van der Waals surface area contributed by atoms with E-state index < -0.39 is 33.2 Å². The van der Waals surface area contributed by atoms with Gasteiger partial charge < -0.3 is 9.47 Å². The van der Waals surface area contributed by atoms with Crippen LogP contribution in [0.3, 0.4) is 0 Å². The number of carbonyl (C=O) groups is 2. The van der Waals surface area contributed by atoms with Crippen LogP contribution < -0.4 is 4.80 Å². The average molecular weight is 448 g/mol. The quantitative estimate of drug-likeness (QED) is 0.653. The van der Waals surface area contributed by atoms with Crippen LogP contribution in [0, 0.1) is 25.2 Å². The van der Waals surface area contributed by atoms with Crippen LogP contribution in [-0.2, 0) is 26.0 Å². The van der Waals surface area contributed by atoms with Gasteiger partial charge in [-0.25, -0.2) is 8.42 Å². The summed E-state index contributed by atoms with van der Waals surface area (Å²) in [7, 11) is -3.90. The third kappa shape index (κ3) is 5.37. The number of nitrogens with zero attached hydrogens (tertiary/aromatic N) is 3. The fourth-order valence-electron chi connectivity index (χ4n) is 3.43. The normalized spacial score (nSPS) is 16.0. The first kappa shape index (κ1) is 22.2. The van der Waals surface area contributed by atoms with Gasteiger partial charge in [0.05, 0.1) is 16.8 Å². The van der Waals surface area contributed by atoms with Crippen molar-refractivity contribution in [3.8, 4) is 12.3 Å². The summed E-state index contributed by atoms with van der Waals surface area (Å²) in [5.74, 6) is 0.349. The summed E-state index contributed by atoms with van der Waals surface area (Å²) in [5.41, 5.74) is 1.90. The van der Waals surface area contributed by atoms with Crippen LogP contribution in [0.1, 0.15) is 25.3 Å². The SMILES string of the molecule is C#CCn1c(=NC(=O)CS(=O)(=O)CC(=O)N2CCC(C)CC2)sc2cc(C)ccc21. The van der Waals surface area contributed by atoms with Crippen molar-refractivity contribution in [2.45, 2.75) is 33.2 Å². The Balaban J connectivity index is 1.77. The Morgan fingerprint density at radius 1 is 1.27 bits per heavy atom. The summed E-state index contributed by atoms with van der Waals surface area (Å²) in [6, 6.07) is 5.80. The number of thiazole rings is 1. The van der Waals surface area contributed by atoms with E-state index in [1.807, 2.05) is 25.1 Å². The molecule has 2 amide bonds. The number of fused-ring (bicyclic) bond motifs is 1. The topological polar surface area (TPSA) is 88.8 Å². The Labute approximate surface area is 180 Å². The molecule has 0 unspecified atom stereocenters. The molecule has 2 heterocycles. The maximum absolute atomic E-state index is 12.4. The summed E-state index contributed by atoms with van der Waals surface area (Å²) in [6.07, 6.45) is 7.17. The molecule has 0 saturated carbocycles. The van der Waals surface area contributed by atoms with E-state index in [2.05, 4.69) is 17.8 Å². The van der Waals surface area contributed by atoms with E-state index in [0.717, 1.165) is 28.6 Å². The van der Waals surface area contributed by atoms with Crippen LogP contribution in [-0.4, -0.2) is 54.3 Å². The van der Waals surface area contributed by atoms with Gasteiger partial charge in [0.15, 0.2) is 14.6 Å². The van der Waals surface area contributed by atoms with Crippen LogP contribution in [0.25, 0.3) is 10.2 Å². The van der Waals surface area contributed by atoms with E-state index in [-0.39, 0.29) is 6.54 Å². The van der Waals surface area contributed by atoms with Crippen molar-refractivity contribution >= 4 is 43.2 Å². The molecule has 30 heavy (non-hydrogen) atoms. The lowest BCUT2D eigenvalue weighted by molar-refractivity contribution is -0.129. The number of terminal acetylenes is 1. The Kier molecular flexibility index (Phi) is 6.78. The van der Waals surface area contributed by atoms with Crippen molar-refractivity contribution in [3.05, 3.63) is 28.6 Å². The molecular weight excluding hydrogens is 422 g/mol. The van der Waals surface area contributed by atoms with Gasteiger partial charge in [-0.05, 0) is 43.4 Å². The number of aryl methyl sites for hydroxylation is 1. The fourth-order valence-corrected chi connectivity index (χ4v) is 5.67. The summed E-state index contributed by atoms with van der Waals surface area (Å²) in [4.78, 5) is 30.6. The summed E-state index contributed by atoms with van der Waals surface area (Å²) >= 11 is 1.28. The largest absolute Gasteiger partial charge is 0.342 e. The molecule has 2 aromatic rings. The molecule has 0 aliphatic carbocycles. The van der Waals surface area contributed by atoms with Crippen molar-refractivity contribution in [1.82, 2.24) is 9.47 Å². The van der Waals surface area contributed by atoms with Crippen molar-refractivity contribution in [3.63, 3.8) is 0 Å². The molecule has 0 radical (unpaired) electrons. The van der Waals surface area contributed by atoms with E-state index >= 15 is 0 Å². The molecule has 0 N–H and O–H groups in total. The molecule has 1 saturated heterocycles. The number of rotatable bonds is 5. The predicted molar refractivity (Wildman–Crippen MR) is 118 cm³/mol. The molecule has 160 valence electrons. The van der Waals surface area contributed by atoms with E-state index in [0.29, 0.717) is 23.8 Å². The van der Waals surface area contributed by atoms with E-state index in [4.69, 9.17) is 6.42 Å². The molecule has 0 atom stereocenters. The van der Waals surface area contributed by atoms with Crippen LogP contribution in [0.2, 0.25) is 0 Å². The Morgan fingerprint density at radius 3 is 2.63 bits per heavy atom. The number of aromatic nitrogens is 1. The number of sulfone groups is 1. The van der Waals surface area contributed by atoms with E-state index in [9.17, 15) is 18.0 Å². The highest BCUT2D eigenvalue weighted by molar-refractivity contribution is 7.92. The van der Waals surface area contributed by atoms with Crippen LogP contribution in [0.15, 0.2) is 23.2 Å². The Hall–Kier alpha value is -2.44. The minimum absolute atomic E-state index is 0.216. The zero-order valence-electron chi connectivity index (χ0n) is 17.1. The molecule has 7 nitrogen and oxygen atoms in total. The molecule has 1 fully saturated rings. The van der Waals surface area contributed by atoms with Crippen molar-refractivity contribution in [2.75, 3.05) is 24.6 Å². The van der Waals surface area contributed by atoms with Crippen LogP contribution >= 0.6 is 11.3 Å². The predicted octanol–water partition coefficient (Wildman–Crippen LogP) is 1.75. The van der Waals surface area contributed by atoms with Gasteiger partial charge in [-0.3, -0.25) is 9.59 Å². The zero-order valence-corrected chi connectivity index (χ0v) is 18.8.